The van der Waals surface area contributed by atoms with E-state index in [2.05, 4.69) is 32.8 Å². The van der Waals surface area contributed by atoms with Crippen LogP contribution in [0.4, 0.5) is 0 Å². The van der Waals surface area contributed by atoms with E-state index in [1.807, 2.05) is 48.9 Å². The van der Waals surface area contributed by atoms with E-state index in [1.54, 1.807) is 6.20 Å². The summed E-state index contributed by atoms with van der Waals surface area (Å²) in [6.45, 7) is 4.76. The largest absolute Gasteiger partial charge is 0.337 e. The van der Waals surface area contributed by atoms with E-state index >= 15 is 0 Å². The second-order valence-electron chi connectivity index (χ2n) is 7.02. The molecule has 7 heteroatoms. The van der Waals surface area contributed by atoms with Crippen molar-refractivity contribution in [2.45, 2.75) is 38.9 Å². The Morgan fingerprint density at radius 2 is 2.08 bits per heavy atom. The van der Waals surface area contributed by atoms with Gasteiger partial charge >= 0.3 is 0 Å². The number of pyridine rings is 1. The number of amides is 1. The van der Waals surface area contributed by atoms with Crippen molar-refractivity contribution in [3.05, 3.63) is 53.2 Å². The molecule has 1 saturated heterocycles. The van der Waals surface area contributed by atoms with E-state index in [1.165, 1.54) is 0 Å². The van der Waals surface area contributed by atoms with Crippen molar-refractivity contribution in [1.29, 1.82) is 0 Å². The summed E-state index contributed by atoms with van der Waals surface area (Å²) in [5.41, 5.74) is 5.30. The molecule has 1 amide bonds. The smallest absolute Gasteiger partial charge is 0.224 e. The number of rotatable bonds is 4. The van der Waals surface area contributed by atoms with Gasteiger partial charge in [0.15, 0.2) is 0 Å². The summed E-state index contributed by atoms with van der Waals surface area (Å²) in [6, 6.07) is 6.13. The van der Waals surface area contributed by atoms with Crippen molar-refractivity contribution in [3.63, 3.8) is 0 Å². The van der Waals surface area contributed by atoms with Crippen LogP contribution in [-0.4, -0.2) is 43.1 Å². The molecule has 1 aliphatic rings. The van der Waals surface area contributed by atoms with Crippen molar-refractivity contribution >= 4 is 11.6 Å². The Hall–Kier alpha value is -2.67. The predicted octanol–water partition coefficient (Wildman–Crippen LogP) is 1.75. The standard InChI is InChI=1S/C19H24N6O/c1-12-18(13(2)24(4)22-12)19-15(10-17(26)23(19)3)21-11-14-6-5-7-16-20-8-9-25(14)16/h5-9,15,19,21H,10-11H2,1-4H3/t15-,19-/m1/s1. The predicted molar refractivity (Wildman–Crippen MR) is 98.6 cm³/mol. The monoisotopic (exact) mass is 352 g/mol. The fourth-order valence-corrected chi connectivity index (χ4v) is 4.05. The van der Waals surface area contributed by atoms with Gasteiger partial charge in [0.05, 0.1) is 11.7 Å². The molecule has 0 bridgehead atoms. The van der Waals surface area contributed by atoms with Crippen molar-refractivity contribution in [1.82, 2.24) is 29.4 Å². The summed E-state index contributed by atoms with van der Waals surface area (Å²) in [7, 11) is 3.84. The highest BCUT2D eigenvalue weighted by molar-refractivity contribution is 5.80. The lowest BCUT2D eigenvalue weighted by Gasteiger charge is -2.26. The molecule has 3 aromatic rings. The minimum absolute atomic E-state index is 0.00168. The molecule has 1 aliphatic heterocycles. The highest BCUT2D eigenvalue weighted by Crippen LogP contribution is 2.35. The van der Waals surface area contributed by atoms with Gasteiger partial charge in [-0.15, -0.1) is 0 Å². The Kier molecular flexibility index (Phi) is 4.03. The number of carbonyl (C=O) groups is 1. The third-order valence-corrected chi connectivity index (χ3v) is 5.51. The number of fused-ring (bicyclic) bond motifs is 1. The molecule has 0 aliphatic carbocycles. The van der Waals surface area contributed by atoms with Gasteiger partial charge in [-0.1, -0.05) is 6.07 Å². The third-order valence-electron chi connectivity index (χ3n) is 5.51. The van der Waals surface area contributed by atoms with Crippen LogP contribution in [0.15, 0.2) is 30.6 Å². The first-order chi connectivity index (χ1) is 12.5. The fraction of sp³-hybridized carbons (Fsp3) is 0.421. The van der Waals surface area contributed by atoms with Gasteiger partial charge < -0.3 is 14.6 Å². The van der Waals surface area contributed by atoms with Crippen LogP contribution in [-0.2, 0) is 18.4 Å². The molecule has 1 fully saturated rings. The highest BCUT2D eigenvalue weighted by atomic mass is 16.2. The van der Waals surface area contributed by atoms with E-state index in [-0.39, 0.29) is 18.0 Å². The average Bonchev–Trinajstić information content (AvgIpc) is 3.26. The number of nitrogens with one attached hydrogen (secondary N) is 1. The molecule has 0 unspecified atom stereocenters. The summed E-state index contributed by atoms with van der Waals surface area (Å²) in [6.07, 6.45) is 4.26. The highest BCUT2D eigenvalue weighted by Gasteiger charge is 2.40. The summed E-state index contributed by atoms with van der Waals surface area (Å²) >= 11 is 0. The van der Waals surface area contributed by atoms with Crippen molar-refractivity contribution < 1.29 is 4.79 Å². The van der Waals surface area contributed by atoms with E-state index in [0.717, 1.165) is 28.3 Å². The summed E-state index contributed by atoms with van der Waals surface area (Å²) in [5, 5.41) is 8.14. The molecule has 26 heavy (non-hydrogen) atoms. The topological polar surface area (TPSA) is 67.5 Å². The molecule has 0 radical (unpaired) electrons. The SMILES string of the molecule is Cc1nn(C)c(C)c1[C@H]1[C@H](NCc2cccc3nccn23)CC(=O)N1C. The Morgan fingerprint density at radius 3 is 2.81 bits per heavy atom. The van der Waals surface area contributed by atoms with E-state index in [0.29, 0.717) is 13.0 Å². The molecule has 3 aromatic heterocycles. The zero-order valence-electron chi connectivity index (χ0n) is 15.6. The number of imidazole rings is 1. The lowest BCUT2D eigenvalue weighted by molar-refractivity contribution is -0.127. The lowest BCUT2D eigenvalue weighted by atomic mass is 9.98. The molecule has 2 atom stereocenters. The second kappa shape index (κ2) is 6.25. The van der Waals surface area contributed by atoms with Gasteiger partial charge in [0.1, 0.15) is 5.65 Å². The van der Waals surface area contributed by atoms with Crippen LogP contribution >= 0.6 is 0 Å². The van der Waals surface area contributed by atoms with Gasteiger partial charge in [0.2, 0.25) is 5.91 Å². The number of likely N-dealkylation sites (tertiary alicyclic amines) is 1. The van der Waals surface area contributed by atoms with Crippen LogP contribution < -0.4 is 5.32 Å². The number of hydrogen-bond acceptors (Lipinski definition) is 4. The van der Waals surface area contributed by atoms with Crippen LogP contribution in [0, 0.1) is 13.8 Å². The molecule has 0 spiro atoms. The molecule has 0 aromatic carbocycles. The van der Waals surface area contributed by atoms with Crippen LogP contribution in [0.1, 0.15) is 35.1 Å². The first-order valence-corrected chi connectivity index (χ1v) is 8.87. The zero-order valence-corrected chi connectivity index (χ0v) is 15.6. The van der Waals surface area contributed by atoms with Crippen molar-refractivity contribution in [2.75, 3.05) is 7.05 Å². The molecular weight excluding hydrogens is 328 g/mol. The first-order valence-electron chi connectivity index (χ1n) is 8.87. The van der Waals surface area contributed by atoms with E-state index in [9.17, 15) is 4.79 Å². The van der Waals surface area contributed by atoms with Gasteiger partial charge in [-0.05, 0) is 26.0 Å². The van der Waals surface area contributed by atoms with Crippen LogP contribution in [0.2, 0.25) is 0 Å². The van der Waals surface area contributed by atoms with Crippen LogP contribution in [0.3, 0.4) is 0 Å². The molecule has 136 valence electrons. The maximum atomic E-state index is 12.4. The molecule has 7 nitrogen and oxygen atoms in total. The average molecular weight is 352 g/mol. The normalized spacial score (nSPS) is 20.5. The van der Waals surface area contributed by atoms with Gasteiger partial charge in [0, 0.05) is 62.4 Å². The Balaban J connectivity index is 1.62. The first kappa shape index (κ1) is 16.8. The van der Waals surface area contributed by atoms with Crippen LogP contribution in [0.25, 0.3) is 5.65 Å². The molecule has 0 saturated carbocycles. The molecule has 1 N–H and O–H groups in total. The Morgan fingerprint density at radius 1 is 1.27 bits per heavy atom. The van der Waals surface area contributed by atoms with Gasteiger partial charge in [0.25, 0.3) is 0 Å². The number of nitrogens with zero attached hydrogens (tertiary/aromatic N) is 5. The maximum absolute atomic E-state index is 12.4. The van der Waals surface area contributed by atoms with Gasteiger partial charge in [-0.2, -0.15) is 5.10 Å². The fourth-order valence-electron chi connectivity index (χ4n) is 4.05. The number of aryl methyl sites for hydroxylation is 2. The zero-order chi connectivity index (χ0) is 18.4. The minimum atomic E-state index is -0.00168. The number of likely N-dealkylation sites (N-methyl/N-ethyl adjacent to an activating group) is 1. The minimum Gasteiger partial charge on any atom is -0.337 e. The lowest BCUT2D eigenvalue weighted by Crippen LogP contribution is -2.35. The molecule has 4 heterocycles. The molecular formula is C19H24N6O. The van der Waals surface area contributed by atoms with Crippen molar-refractivity contribution in [2.24, 2.45) is 7.05 Å². The summed E-state index contributed by atoms with van der Waals surface area (Å²) in [5.74, 6) is 0.163. The van der Waals surface area contributed by atoms with Crippen molar-refractivity contribution in [3.8, 4) is 0 Å². The van der Waals surface area contributed by atoms with Crippen LogP contribution in [0.5, 0.6) is 0 Å². The Labute approximate surface area is 152 Å². The third kappa shape index (κ3) is 2.59. The summed E-state index contributed by atoms with van der Waals surface area (Å²) in [4.78, 5) is 18.6. The second-order valence-corrected chi connectivity index (χ2v) is 7.02. The number of carbonyl (C=O) groups excluding carboxylic acids is 1. The van der Waals surface area contributed by atoms with Gasteiger partial charge in [-0.3, -0.25) is 9.48 Å². The Bertz CT molecular complexity index is 972. The number of hydrogen-bond donors (Lipinski definition) is 1. The summed E-state index contributed by atoms with van der Waals surface area (Å²) < 4.78 is 3.97. The van der Waals surface area contributed by atoms with E-state index in [4.69, 9.17) is 0 Å². The number of aromatic nitrogens is 4. The van der Waals surface area contributed by atoms with Gasteiger partial charge in [-0.25, -0.2) is 4.98 Å². The maximum Gasteiger partial charge on any atom is 0.224 e. The molecule has 4 rings (SSSR count). The van der Waals surface area contributed by atoms with E-state index < -0.39 is 0 Å². The quantitative estimate of drug-likeness (QED) is 0.777.